The summed E-state index contributed by atoms with van der Waals surface area (Å²) in [6.45, 7) is -0.0503. The molecule has 0 saturated heterocycles. The summed E-state index contributed by atoms with van der Waals surface area (Å²) in [6, 6.07) is 13.3. The van der Waals surface area contributed by atoms with E-state index in [0.29, 0.717) is 5.82 Å². The van der Waals surface area contributed by atoms with Gasteiger partial charge in [0.1, 0.15) is 6.54 Å². The average molecular weight is 391 g/mol. The van der Waals surface area contributed by atoms with Crippen LogP contribution in [0.1, 0.15) is 4.88 Å². The molecule has 2 aromatic heterocycles. The Bertz CT molecular complexity index is 829. The Morgan fingerprint density at radius 3 is 2.87 bits per heavy atom. The molecule has 0 radical (unpaired) electrons. The average Bonchev–Trinajstić information content (AvgIpc) is 3.17. The molecule has 0 aliphatic heterocycles. The van der Waals surface area contributed by atoms with Gasteiger partial charge in [0.25, 0.3) is 5.91 Å². The van der Waals surface area contributed by atoms with Gasteiger partial charge < -0.3 is 0 Å². The van der Waals surface area contributed by atoms with Crippen LogP contribution < -0.4 is 5.43 Å². The molecule has 0 fully saturated rings. The number of carbonyl (C=O) groups is 1. The number of rotatable bonds is 5. The summed E-state index contributed by atoms with van der Waals surface area (Å²) in [6.07, 6.45) is 1.58. The Labute approximate surface area is 144 Å². The quantitative estimate of drug-likeness (QED) is 0.534. The van der Waals surface area contributed by atoms with E-state index in [0.717, 1.165) is 14.2 Å². The van der Waals surface area contributed by atoms with Crippen molar-refractivity contribution in [2.24, 2.45) is 5.10 Å². The van der Waals surface area contributed by atoms with Crippen molar-refractivity contribution in [2.45, 2.75) is 6.54 Å². The topological polar surface area (TPSA) is 85.1 Å². The molecule has 0 aliphatic carbocycles. The number of nitrogens with zero attached hydrogens (tertiary/aromatic N) is 5. The normalized spacial score (nSPS) is 11.0. The van der Waals surface area contributed by atoms with E-state index in [-0.39, 0.29) is 12.5 Å². The molecular formula is C14H11BrN6OS. The molecule has 0 atom stereocenters. The standard InChI is InChI=1S/C14H11BrN6OS/c15-12-7-6-11(23-12)8-16-17-13(22)9-21-19-14(18-20-21)10-4-2-1-3-5-10/h1-8H,9H2,(H,17,22)/b16-8-. The van der Waals surface area contributed by atoms with E-state index < -0.39 is 0 Å². The third kappa shape index (κ3) is 4.30. The van der Waals surface area contributed by atoms with Crippen LogP contribution >= 0.6 is 27.3 Å². The maximum absolute atomic E-state index is 11.8. The fourth-order valence-corrected chi connectivity index (χ4v) is 3.04. The lowest BCUT2D eigenvalue weighted by atomic mass is 10.2. The van der Waals surface area contributed by atoms with Crippen LogP contribution in [-0.2, 0) is 11.3 Å². The first-order chi connectivity index (χ1) is 11.2. The van der Waals surface area contributed by atoms with E-state index in [1.807, 2.05) is 42.5 Å². The second-order valence-electron chi connectivity index (χ2n) is 4.44. The molecule has 116 valence electrons. The first-order valence-corrected chi connectivity index (χ1v) is 8.22. The van der Waals surface area contributed by atoms with E-state index in [2.05, 4.69) is 41.9 Å². The molecule has 1 amide bonds. The van der Waals surface area contributed by atoms with Gasteiger partial charge in [-0.1, -0.05) is 30.3 Å². The second-order valence-corrected chi connectivity index (χ2v) is 6.94. The highest BCUT2D eigenvalue weighted by atomic mass is 79.9. The summed E-state index contributed by atoms with van der Waals surface area (Å²) in [5, 5.41) is 15.9. The number of carbonyl (C=O) groups excluding carboxylic acids is 1. The van der Waals surface area contributed by atoms with Crippen LogP contribution in [0.2, 0.25) is 0 Å². The number of hydrogen-bond donors (Lipinski definition) is 1. The van der Waals surface area contributed by atoms with Gasteiger partial charge in [0.05, 0.1) is 10.0 Å². The van der Waals surface area contributed by atoms with Gasteiger partial charge in [0.15, 0.2) is 0 Å². The van der Waals surface area contributed by atoms with Crippen LogP contribution in [0.25, 0.3) is 11.4 Å². The monoisotopic (exact) mass is 390 g/mol. The lowest BCUT2D eigenvalue weighted by Crippen LogP contribution is -2.24. The van der Waals surface area contributed by atoms with Crippen LogP contribution in [0.4, 0.5) is 0 Å². The molecule has 0 bridgehead atoms. The molecule has 7 nitrogen and oxygen atoms in total. The van der Waals surface area contributed by atoms with E-state index >= 15 is 0 Å². The smallest absolute Gasteiger partial charge is 0.263 e. The summed E-state index contributed by atoms with van der Waals surface area (Å²) in [5.74, 6) is 0.152. The van der Waals surface area contributed by atoms with E-state index in [4.69, 9.17) is 0 Å². The van der Waals surface area contributed by atoms with Crippen molar-refractivity contribution in [3.8, 4) is 11.4 Å². The molecule has 1 N–H and O–H groups in total. The number of hydrazone groups is 1. The first-order valence-electron chi connectivity index (χ1n) is 6.61. The number of nitrogens with one attached hydrogen (secondary N) is 1. The SMILES string of the molecule is O=C(Cn1nnc(-c2ccccc2)n1)N/N=C\c1ccc(Br)s1. The zero-order valence-corrected chi connectivity index (χ0v) is 14.2. The van der Waals surface area contributed by atoms with Crippen LogP contribution in [0.15, 0.2) is 51.4 Å². The van der Waals surface area contributed by atoms with Gasteiger partial charge in [0, 0.05) is 10.4 Å². The number of amides is 1. The number of thiophene rings is 1. The molecule has 2 heterocycles. The van der Waals surface area contributed by atoms with Gasteiger partial charge in [-0.15, -0.1) is 21.5 Å². The fourth-order valence-electron chi connectivity index (χ4n) is 1.74. The van der Waals surface area contributed by atoms with Crippen LogP contribution in [0, 0.1) is 0 Å². The van der Waals surface area contributed by atoms with Gasteiger partial charge in [-0.2, -0.15) is 9.90 Å². The Hall–Kier alpha value is -2.39. The number of hydrogen-bond acceptors (Lipinski definition) is 6. The van der Waals surface area contributed by atoms with E-state index in [9.17, 15) is 4.79 Å². The lowest BCUT2D eigenvalue weighted by Gasteiger charge is -1.97. The number of halogens is 1. The molecule has 1 aromatic carbocycles. The van der Waals surface area contributed by atoms with Crippen molar-refractivity contribution in [3.05, 3.63) is 51.1 Å². The van der Waals surface area contributed by atoms with Crippen molar-refractivity contribution in [1.82, 2.24) is 25.6 Å². The Morgan fingerprint density at radius 1 is 1.30 bits per heavy atom. The third-order valence-electron chi connectivity index (χ3n) is 2.74. The molecule has 3 rings (SSSR count). The molecule has 0 unspecified atom stereocenters. The Balaban J connectivity index is 1.56. The highest BCUT2D eigenvalue weighted by Crippen LogP contribution is 2.20. The number of aromatic nitrogens is 4. The first kappa shape index (κ1) is 15.5. The van der Waals surface area contributed by atoms with E-state index in [1.165, 1.54) is 16.1 Å². The predicted octanol–water partition coefficient (Wildman–Crippen LogP) is 2.31. The van der Waals surface area contributed by atoms with Crippen molar-refractivity contribution in [2.75, 3.05) is 0 Å². The van der Waals surface area contributed by atoms with Crippen LogP contribution in [0.5, 0.6) is 0 Å². The molecule has 3 aromatic rings. The molecule has 0 aliphatic rings. The Kier molecular flexibility index (Phi) is 4.89. The summed E-state index contributed by atoms with van der Waals surface area (Å²) in [5.41, 5.74) is 3.28. The largest absolute Gasteiger partial charge is 0.271 e. The van der Waals surface area contributed by atoms with Gasteiger partial charge in [-0.05, 0) is 33.3 Å². The molecule has 9 heteroatoms. The van der Waals surface area contributed by atoms with E-state index in [1.54, 1.807) is 6.21 Å². The van der Waals surface area contributed by atoms with Gasteiger partial charge in [0.2, 0.25) is 5.82 Å². The molecule has 0 spiro atoms. The zero-order valence-electron chi connectivity index (χ0n) is 11.8. The highest BCUT2D eigenvalue weighted by Gasteiger charge is 2.08. The highest BCUT2D eigenvalue weighted by molar-refractivity contribution is 9.11. The zero-order chi connectivity index (χ0) is 16.1. The maximum Gasteiger partial charge on any atom is 0.263 e. The minimum Gasteiger partial charge on any atom is -0.271 e. The minimum atomic E-state index is -0.325. The maximum atomic E-state index is 11.8. The summed E-state index contributed by atoms with van der Waals surface area (Å²) < 4.78 is 1.01. The van der Waals surface area contributed by atoms with Crippen LogP contribution in [-0.4, -0.2) is 32.3 Å². The predicted molar refractivity (Wildman–Crippen MR) is 91.0 cm³/mol. The van der Waals surface area contributed by atoms with Gasteiger partial charge in [-0.25, -0.2) is 5.43 Å². The minimum absolute atomic E-state index is 0.0503. The van der Waals surface area contributed by atoms with Crippen molar-refractivity contribution >= 4 is 39.4 Å². The summed E-state index contributed by atoms with van der Waals surface area (Å²) in [7, 11) is 0. The molecule has 0 saturated carbocycles. The molecule has 23 heavy (non-hydrogen) atoms. The summed E-state index contributed by atoms with van der Waals surface area (Å²) in [4.78, 5) is 14.0. The van der Waals surface area contributed by atoms with Crippen molar-refractivity contribution in [3.63, 3.8) is 0 Å². The second kappa shape index (κ2) is 7.25. The van der Waals surface area contributed by atoms with Crippen molar-refractivity contribution in [1.29, 1.82) is 0 Å². The van der Waals surface area contributed by atoms with Crippen LogP contribution in [0.3, 0.4) is 0 Å². The van der Waals surface area contributed by atoms with Gasteiger partial charge in [-0.3, -0.25) is 4.79 Å². The number of tetrazole rings is 1. The lowest BCUT2D eigenvalue weighted by molar-refractivity contribution is -0.122. The molecular weight excluding hydrogens is 380 g/mol. The summed E-state index contributed by atoms with van der Waals surface area (Å²) >= 11 is 4.88. The fraction of sp³-hybridized carbons (Fsp3) is 0.0714. The third-order valence-corrected chi connectivity index (χ3v) is 4.30. The number of benzene rings is 1. The van der Waals surface area contributed by atoms with Crippen molar-refractivity contribution < 1.29 is 4.79 Å². The van der Waals surface area contributed by atoms with Gasteiger partial charge >= 0.3 is 0 Å². The Morgan fingerprint density at radius 2 is 2.13 bits per heavy atom.